The zero-order chi connectivity index (χ0) is 27.7. The van der Waals surface area contributed by atoms with E-state index >= 15 is 0 Å². The standard InChI is InChI=1S/C28H26F3N3O3S2/c1-3-37-20-10-8-19(9-11-20)34-26(36)24-21-12-7-16(2)13-22(21)39-25(24)33-27(34)38-15-23(35)32-18-6-4-5-17(14-18)28(29,30)31/h4-6,8-11,14,16H,3,7,12-13,15H2,1-2H3,(H,32,35). The molecule has 4 aromatic rings. The lowest BCUT2D eigenvalue weighted by Crippen LogP contribution is -2.23. The average molecular weight is 574 g/mol. The third kappa shape index (κ3) is 5.84. The van der Waals surface area contributed by atoms with Crippen LogP contribution in [-0.4, -0.2) is 27.8 Å². The number of carbonyl (C=O) groups excluding carboxylic acids is 1. The molecule has 2 aromatic heterocycles. The predicted molar refractivity (Wildman–Crippen MR) is 148 cm³/mol. The van der Waals surface area contributed by atoms with Crippen molar-refractivity contribution in [2.75, 3.05) is 17.7 Å². The second-order valence-corrected chi connectivity index (χ2v) is 11.4. The van der Waals surface area contributed by atoms with E-state index in [1.165, 1.54) is 32.9 Å². The first-order chi connectivity index (χ1) is 18.6. The summed E-state index contributed by atoms with van der Waals surface area (Å²) >= 11 is 2.58. The van der Waals surface area contributed by atoms with E-state index in [9.17, 15) is 22.8 Å². The fourth-order valence-electron chi connectivity index (χ4n) is 4.65. The number of alkyl halides is 3. The lowest BCUT2D eigenvalue weighted by molar-refractivity contribution is -0.137. The number of thiophene rings is 1. The lowest BCUT2D eigenvalue weighted by atomic mass is 9.89. The van der Waals surface area contributed by atoms with Gasteiger partial charge in [-0.25, -0.2) is 4.98 Å². The third-order valence-electron chi connectivity index (χ3n) is 6.51. The van der Waals surface area contributed by atoms with Gasteiger partial charge >= 0.3 is 6.18 Å². The van der Waals surface area contributed by atoms with Crippen molar-refractivity contribution in [3.05, 3.63) is 74.9 Å². The smallest absolute Gasteiger partial charge is 0.416 e. The molecule has 6 nitrogen and oxygen atoms in total. The first-order valence-corrected chi connectivity index (χ1v) is 14.3. The zero-order valence-corrected chi connectivity index (χ0v) is 22.9. The van der Waals surface area contributed by atoms with Gasteiger partial charge in [0.15, 0.2) is 5.16 Å². The van der Waals surface area contributed by atoms with Crippen LogP contribution in [0.3, 0.4) is 0 Å². The minimum absolute atomic E-state index is 0.0443. The Morgan fingerprint density at radius 3 is 2.72 bits per heavy atom. The van der Waals surface area contributed by atoms with Gasteiger partial charge in [0, 0.05) is 10.6 Å². The summed E-state index contributed by atoms with van der Waals surface area (Å²) in [6.45, 7) is 4.59. The highest BCUT2D eigenvalue weighted by atomic mass is 32.2. The van der Waals surface area contributed by atoms with Gasteiger partial charge in [0.1, 0.15) is 10.6 Å². The minimum atomic E-state index is -4.51. The molecule has 0 spiro atoms. The molecule has 5 rings (SSSR count). The molecule has 1 aliphatic carbocycles. The summed E-state index contributed by atoms with van der Waals surface area (Å²) in [5.74, 6) is 0.547. The van der Waals surface area contributed by atoms with E-state index < -0.39 is 17.6 Å². The van der Waals surface area contributed by atoms with Gasteiger partial charge in [0.05, 0.1) is 29.0 Å². The monoisotopic (exact) mass is 573 g/mol. The van der Waals surface area contributed by atoms with Crippen molar-refractivity contribution in [2.45, 2.75) is 44.4 Å². The van der Waals surface area contributed by atoms with Gasteiger partial charge in [-0.15, -0.1) is 11.3 Å². The number of ether oxygens (including phenoxy) is 1. The van der Waals surface area contributed by atoms with Gasteiger partial charge < -0.3 is 10.1 Å². The Morgan fingerprint density at radius 1 is 1.23 bits per heavy atom. The molecule has 0 radical (unpaired) electrons. The van der Waals surface area contributed by atoms with Crippen molar-refractivity contribution >= 4 is 44.9 Å². The summed E-state index contributed by atoms with van der Waals surface area (Å²) in [5, 5.41) is 3.47. The van der Waals surface area contributed by atoms with Crippen LogP contribution in [0.25, 0.3) is 15.9 Å². The number of aryl methyl sites for hydroxylation is 1. The number of carbonyl (C=O) groups is 1. The van der Waals surface area contributed by atoms with Crippen molar-refractivity contribution in [2.24, 2.45) is 5.92 Å². The van der Waals surface area contributed by atoms with Crippen molar-refractivity contribution in [3.63, 3.8) is 0 Å². The van der Waals surface area contributed by atoms with E-state index in [2.05, 4.69) is 12.2 Å². The van der Waals surface area contributed by atoms with Crippen LogP contribution < -0.4 is 15.6 Å². The maximum atomic E-state index is 13.9. The number of hydrogen-bond acceptors (Lipinski definition) is 6. The number of aromatic nitrogens is 2. The topological polar surface area (TPSA) is 73.2 Å². The molecule has 39 heavy (non-hydrogen) atoms. The van der Waals surface area contributed by atoms with Gasteiger partial charge in [-0.3, -0.25) is 14.2 Å². The number of benzene rings is 2. The van der Waals surface area contributed by atoms with Crippen LogP contribution in [0.2, 0.25) is 0 Å². The molecular weight excluding hydrogens is 547 g/mol. The van der Waals surface area contributed by atoms with Gasteiger partial charge in [-0.1, -0.05) is 24.8 Å². The lowest BCUT2D eigenvalue weighted by Gasteiger charge is -2.18. The molecule has 2 heterocycles. The summed E-state index contributed by atoms with van der Waals surface area (Å²) in [6, 6.07) is 11.6. The molecule has 1 unspecified atom stereocenters. The molecule has 0 saturated heterocycles. The second kappa shape index (κ2) is 11.1. The number of nitrogens with one attached hydrogen (secondary N) is 1. The van der Waals surface area contributed by atoms with Crippen LogP contribution in [0.15, 0.2) is 58.5 Å². The molecular formula is C28H26F3N3O3S2. The van der Waals surface area contributed by atoms with Crippen molar-refractivity contribution in [1.29, 1.82) is 0 Å². The molecule has 0 saturated carbocycles. The van der Waals surface area contributed by atoms with Gasteiger partial charge in [-0.05, 0) is 80.1 Å². The molecule has 1 amide bonds. The molecule has 0 aliphatic heterocycles. The Kier molecular flexibility index (Phi) is 7.73. The minimum Gasteiger partial charge on any atom is -0.494 e. The van der Waals surface area contributed by atoms with Crippen molar-refractivity contribution < 1.29 is 22.7 Å². The number of halogens is 3. The number of nitrogens with zero attached hydrogens (tertiary/aromatic N) is 2. The SMILES string of the molecule is CCOc1ccc(-n2c(SCC(=O)Nc3cccc(C(F)(F)F)c3)nc3sc4c(c3c2=O)CCC(C)C4)cc1. The molecule has 2 aromatic carbocycles. The summed E-state index contributed by atoms with van der Waals surface area (Å²) in [5.41, 5.74) is 0.645. The quantitative estimate of drug-likeness (QED) is 0.196. The van der Waals surface area contributed by atoms with Crippen LogP contribution in [-0.2, 0) is 23.8 Å². The first kappa shape index (κ1) is 27.3. The maximum Gasteiger partial charge on any atom is 0.416 e. The van der Waals surface area contributed by atoms with Crippen molar-refractivity contribution in [1.82, 2.24) is 9.55 Å². The first-order valence-electron chi connectivity index (χ1n) is 12.5. The molecule has 1 N–H and O–H groups in total. The summed E-state index contributed by atoms with van der Waals surface area (Å²) in [7, 11) is 0. The Morgan fingerprint density at radius 2 is 2.00 bits per heavy atom. The number of rotatable bonds is 7. The summed E-state index contributed by atoms with van der Waals surface area (Å²) < 4.78 is 46.2. The van der Waals surface area contributed by atoms with E-state index in [1.54, 1.807) is 24.3 Å². The highest BCUT2D eigenvalue weighted by Gasteiger charge is 2.30. The van der Waals surface area contributed by atoms with E-state index in [1.807, 2.05) is 6.92 Å². The maximum absolute atomic E-state index is 13.9. The molecule has 1 aliphatic rings. The van der Waals surface area contributed by atoms with Gasteiger partial charge in [0.25, 0.3) is 5.56 Å². The number of hydrogen-bond donors (Lipinski definition) is 1. The van der Waals surface area contributed by atoms with Crippen LogP contribution in [0.1, 0.15) is 36.3 Å². The fraction of sp³-hybridized carbons (Fsp3) is 0.321. The zero-order valence-electron chi connectivity index (χ0n) is 21.3. The van der Waals surface area contributed by atoms with E-state index in [-0.39, 0.29) is 17.0 Å². The molecule has 11 heteroatoms. The van der Waals surface area contributed by atoms with E-state index in [0.717, 1.165) is 48.7 Å². The van der Waals surface area contributed by atoms with Crippen LogP contribution in [0, 0.1) is 5.92 Å². The summed E-state index contributed by atoms with van der Waals surface area (Å²) in [6.07, 6.45) is -1.78. The predicted octanol–water partition coefficient (Wildman–Crippen LogP) is 6.72. The molecule has 1 atom stereocenters. The Balaban J connectivity index is 1.48. The highest BCUT2D eigenvalue weighted by Crippen LogP contribution is 2.37. The number of anilines is 1. The molecule has 0 fully saturated rings. The molecule has 0 bridgehead atoms. The van der Waals surface area contributed by atoms with Crippen molar-refractivity contribution in [3.8, 4) is 11.4 Å². The van der Waals surface area contributed by atoms with Crippen LogP contribution >= 0.6 is 23.1 Å². The summed E-state index contributed by atoms with van der Waals surface area (Å²) in [4.78, 5) is 33.3. The van der Waals surface area contributed by atoms with Gasteiger partial charge in [-0.2, -0.15) is 13.2 Å². The Hall–Kier alpha value is -3.31. The number of amides is 1. The van der Waals surface area contributed by atoms with Gasteiger partial charge in [0.2, 0.25) is 5.91 Å². The van der Waals surface area contributed by atoms with Crippen LogP contribution in [0.4, 0.5) is 18.9 Å². The Labute approximate surface area is 231 Å². The van der Waals surface area contributed by atoms with E-state index in [0.29, 0.717) is 39.3 Å². The van der Waals surface area contributed by atoms with E-state index in [4.69, 9.17) is 9.72 Å². The number of thioether (sulfide) groups is 1. The average Bonchev–Trinajstić information content (AvgIpc) is 3.25. The van der Waals surface area contributed by atoms with Crippen LogP contribution in [0.5, 0.6) is 5.75 Å². The number of fused-ring (bicyclic) bond motifs is 3. The molecule has 204 valence electrons. The fourth-order valence-corrected chi connectivity index (χ4v) is 6.89. The largest absolute Gasteiger partial charge is 0.494 e. The second-order valence-electron chi connectivity index (χ2n) is 9.41. The normalized spacial score (nSPS) is 15.3. The highest BCUT2D eigenvalue weighted by molar-refractivity contribution is 7.99. The Bertz CT molecular complexity index is 1580. The third-order valence-corrected chi connectivity index (χ3v) is 8.60.